The Bertz CT molecular complexity index is 370. The molecule has 0 radical (unpaired) electrons. The van der Waals surface area contributed by atoms with Crippen LogP contribution in [0.2, 0.25) is 0 Å². The second-order valence-corrected chi connectivity index (χ2v) is 6.10. The van der Waals surface area contributed by atoms with Crippen LogP contribution >= 0.6 is 0 Å². The van der Waals surface area contributed by atoms with Gasteiger partial charge in [-0.3, -0.25) is 0 Å². The minimum atomic E-state index is -0.0461. The third kappa shape index (κ3) is 5.64. The fourth-order valence-corrected chi connectivity index (χ4v) is 2.28. The molecule has 0 saturated heterocycles. The number of aryl methyl sites for hydroxylation is 1. The molecule has 1 rings (SSSR count). The summed E-state index contributed by atoms with van der Waals surface area (Å²) < 4.78 is 5.54. The first-order valence-electron chi connectivity index (χ1n) is 7.89. The number of nitrogens with one attached hydrogen (secondary N) is 1. The zero-order chi connectivity index (χ0) is 15.0. The van der Waals surface area contributed by atoms with Crippen molar-refractivity contribution in [2.75, 3.05) is 13.7 Å². The maximum absolute atomic E-state index is 5.54. The van der Waals surface area contributed by atoms with Gasteiger partial charge in [0.2, 0.25) is 0 Å². The molecule has 1 atom stereocenters. The lowest BCUT2D eigenvalue weighted by atomic mass is 9.94. The summed E-state index contributed by atoms with van der Waals surface area (Å²) in [6, 6.07) is 9.46. The second-order valence-electron chi connectivity index (χ2n) is 6.10. The molecule has 1 unspecified atom stereocenters. The average Bonchev–Trinajstić information content (AvgIpc) is 2.47. The van der Waals surface area contributed by atoms with E-state index < -0.39 is 0 Å². The predicted octanol–water partition coefficient (Wildman–Crippen LogP) is 4.49. The Morgan fingerprint density at radius 2 is 1.80 bits per heavy atom. The molecule has 20 heavy (non-hydrogen) atoms. The number of rotatable bonds is 9. The topological polar surface area (TPSA) is 21.3 Å². The molecular formula is C18H31NO. The molecule has 0 heterocycles. The van der Waals surface area contributed by atoms with Crippen LogP contribution in [0.1, 0.15) is 64.1 Å². The molecular weight excluding hydrogens is 246 g/mol. The van der Waals surface area contributed by atoms with E-state index in [1.165, 1.54) is 11.1 Å². The first-order valence-corrected chi connectivity index (χ1v) is 7.89. The van der Waals surface area contributed by atoms with Crippen LogP contribution in [0.15, 0.2) is 24.3 Å². The van der Waals surface area contributed by atoms with Crippen molar-refractivity contribution < 1.29 is 4.74 Å². The van der Waals surface area contributed by atoms with Gasteiger partial charge in [-0.05, 0) is 57.2 Å². The predicted molar refractivity (Wildman–Crippen MR) is 87.2 cm³/mol. The van der Waals surface area contributed by atoms with Crippen molar-refractivity contribution >= 4 is 0 Å². The summed E-state index contributed by atoms with van der Waals surface area (Å²) in [6.45, 7) is 9.79. The SMILES string of the molecule is CCCNC(CCC(C)(C)OC)c1ccc(CC)cc1. The second kappa shape index (κ2) is 8.43. The molecule has 0 aromatic heterocycles. The van der Waals surface area contributed by atoms with Gasteiger partial charge in [-0.25, -0.2) is 0 Å². The summed E-state index contributed by atoms with van der Waals surface area (Å²) in [5.74, 6) is 0. The van der Waals surface area contributed by atoms with E-state index in [0.717, 1.165) is 32.2 Å². The summed E-state index contributed by atoms with van der Waals surface area (Å²) in [4.78, 5) is 0. The molecule has 2 nitrogen and oxygen atoms in total. The van der Waals surface area contributed by atoms with E-state index in [1.807, 2.05) is 0 Å². The zero-order valence-corrected chi connectivity index (χ0v) is 13.8. The summed E-state index contributed by atoms with van der Waals surface area (Å²) in [5, 5.41) is 3.66. The molecule has 0 fully saturated rings. The van der Waals surface area contributed by atoms with Crippen LogP contribution in [-0.4, -0.2) is 19.3 Å². The van der Waals surface area contributed by atoms with Gasteiger partial charge in [0.05, 0.1) is 5.60 Å². The highest BCUT2D eigenvalue weighted by molar-refractivity contribution is 5.25. The minimum Gasteiger partial charge on any atom is -0.379 e. The monoisotopic (exact) mass is 277 g/mol. The van der Waals surface area contributed by atoms with Gasteiger partial charge >= 0.3 is 0 Å². The molecule has 0 spiro atoms. The van der Waals surface area contributed by atoms with Crippen LogP contribution in [0, 0.1) is 0 Å². The van der Waals surface area contributed by atoms with E-state index in [4.69, 9.17) is 4.74 Å². The fraction of sp³-hybridized carbons (Fsp3) is 0.667. The lowest BCUT2D eigenvalue weighted by Gasteiger charge is -2.27. The molecule has 0 aliphatic heterocycles. The first-order chi connectivity index (χ1) is 9.52. The average molecular weight is 277 g/mol. The summed E-state index contributed by atoms with van der Waals surface area (Å²) in [6.07, 6.45) is 4.42. The Kier molecular flexibility index (Phi) is 7.25. The van der Waals surface area contributed by atoms with Gasteiger partial charge in [-0.1, -0.05) is 38.1 Å². The van der Waals surface area contributed by atoms with Crippen molar-refractivity contribution in [2.24, 2.45) is 0 Å². The molecule has 1 aromatic carbocycles. The highest BCUT2D eigenvalue weighted by Gasteiger charge is 2.19. The largest absolute Gasteiger partial charge is 0.379 e. The Morgan fingerprint density at radius 1 is 1.15 bits per heavy atom. The Morgan fingerprint density at radius 3 is 2.30 bits per heavy atom. The molecule has 2 heteroatoms. The maximum atomic E-state index is 5.54. The van der Waals surface area contributed by atoms with Crippen LogP contribution in [0.25, 0.3) is 0 Å². The Balaban J connectivity index is 2.71. The number of ether oxygens (including phenoxy) is 1. The van der Waals surface area contributed by atoms with Gasteiger partial charge in [-0.2, -0.15) is 0 Å². The van der Waals surface area contributed by atoms with E-state index in [1.54, 1.807) is 7.11 Å². The highest BCUT2D eigenvalue weighted by Crippen LogP contribution is 2.25. The summed E-state index contributed by atoms with van der Waals surface area (Å²) >= 11 is 0. The van der Waals surface area contributed by atoms with Crippen molar-refractivity contribution in [3.63, 3.8) is 0 Å². The van der Waals surface area contributed by atoms with Crippen LogP contribution < -0.4 is 5.32 Å². The van der Waals surface area contributed by atoms with Gasteiger partial charge in [-0.15, -0.1) is 0 Å². The Labute approximate surface area is 124 Å². The van der Waals surface area contributed by atoms with Crippen molar-refractivity contribution in [1.82, 2.24) is 5.32 Å². The van der Waals surface area contributed by atoms with Gasteiger partial charge in [0.15, 0.2) is 0 Å². The van der Waals surface area contributed by atoms with Gasteiger partial charge in [0.25, 0.3) is 0 Å². The fourth-order valence-electron chi connectivity index (χ4n) is 2.28. The lowest BCUT2D eigenvalue weighted by molar-refractivity contribution is 0.0117. The normalized spacial score (nSPS) is 13.4. The highest BCUT2D eigenvalue weighted by atomic mass is 16.5. The quantitative estimate of drug-likeness (QED) is 0.718. The van der Waals surface area contributed by atoms with E-state index in [2.05, 4.69) is 57.3 Å². The molecule has 1 aromatic rings. The first kappa shape index (κ1) is 17.2. The maximum Gasteiger partial charge on any atom is 0.0623 e. The molecule has 114 valence electrons. The van der Waals surface area contributed by atoms with E-state index >= 15 is 0 Å². The molecule has 0 aliphatic rings. The third-order valence-electron chi connectivity index (χ3n) is 4.02. The van der Waals surface area contributed by atoms with Gasteiger partial charge in [0, 0.05) is 13.2 Å². The van der Waals surface area contributed by atoms with Crippen LogP contribution in [0.3, 0.4) is 0 Å². The van der Waals surface area contributed by atoms with Crippen molar-refractivity contribution in [1.29, 1.82) is 0 Å². The molecule has 0 aliphatic carbocycles. The number of benzene rings is 1. The number of hydrogen-bond acceptors (Lipinski definition) is 2. The van der Waals surface area contributed by atoms with Crippen LogP contribution in [-0.2, 0) is 11.2 Å². The van der Waals surface area contributed by atoms with E-state index in [9.17, 15) is 0 Å². The molecule has 1 N–H and O–H groups in total. The van der Waals surface area contributed by atoms with Gasteiger partial charge in [0.1, 0.15) is 0 Å². The van der Waals surface area contributed by atoms with Crippen LogP contribution in [0.4, 0.5) is 0 Å². The van der Waals surface area contributed by atoms with E-state index in [0.29, 0.717) is 6.04 Å². The third-order valence-corrected chi connectivity index (χ3v) is 4.02. The van der Waals surface area contributed by atoms with Crippen LogP contribution in [0.5, 0.6) is 0 Å². The van der Waals surface area contributed by atoms with Gasteiger partial charge < -0.3 is 10.1 Å². The zero-order valence-electron chi connectivity index (χ0n) is 13.8. The molecule has 0 saturated carbocycles. The molecule has 0 amide bonds. The van der Waals surface area contributed by atoms with Crippen molar-refractivity contribution in [3.05, 3.63) is 35.4 Å². The summed E-state index contributed by atoms with van der Waals surface area (Å²) in [5.41, 5.74) is 2.75. The number of hydrogen-bond donors (Lipinski definition) is 1. The van der Waals surface area contributed by atoms with E-state index in [-0.39, 0.29) is 5.60 Å². The minimum absolute atomic E-state index is 0.0461. The van der Waals surface area contributed by atoms with Crippen molar-refractivity contribution in [3.8, 4) is 0 Å². The lowest BCUT2D eigenvalue weighted by Crippen LogP contribution is -2.27. The van der Waals surface area contributed by atoms with Crippen molar-refractivity contribution in [2.45, 2.75) is 65.0 Å². The Hall–Kier alpha value is -0.860. The standard InChI is InChI=1S/C18H31NO/c1-6-14-19-17(12-13-18(3,4)20-5)16-10-8-15(7-2)9-11-16/h8-11,17,19H,6-7,12-14H2,1-5H3. The molecule has 0 bridgehead atoms. The number of methoxy groups -OCH3 is 1. The smallest absolute Gasteiger partial charge is 0.0623 e. The summed E-state index contributed by atoms with van der Waals surface area (Å²) in [7, 11) is 1.80.